The van der Waals surface area contributed by atoms with Crippen molar-refractivity contribution in [2.45, 2.75) is 33.3 Å². The molecule has 0 aliphatic heterocycles. The number of carboxylic acids is 1. The summed E-state index contributed by atoms with van der Waals surface area (Å²) in [7, 11) is 0. The van der Waals surface area contributed by atoms with E-state index in [1.54, 1.807) is 6.08 Å². The number of rotatable bonds is 7. The first kappa shape index (κ1) is 14.1. The van der Waals surface area contributed by atoms with Gasteiger partial charge in [0.15, 0.2) is 0 Å². The van der Waals surface area contributed by atoms with Crippen LogP contribution in [-0.4, -0.2) is 46.8 Å². The fourth-order valence-corrected chi connectivity index (χ4v) is 1.25. The maximum Gasteiger partial charge on any atom is 0.330 e. The van der Waals surface area contributed by atoms with Crippen molar-refractivity contribution in [1.82, 2.24) is 4.90 Å². The molecule has 0 aromatic carbocycles. The number of carboxylic acid groups (broad SMARTS) is 1. The Morgan fingerprint density at radius 3 is 2.33 bits per heavy atom. The first-order valence-corrected chi connectivity index (χ1v) is 5.31. The van der Waals surface area contributed by atoms with Crippen molar-refractivity contribution in [1.29, 1.82) is 0 Å². The molecule has 0 saturated heterocycles. The molecule has 0 aliphatic carbocycles. The van der Waals surface area contributed by atoms with E-state index in [4.69, 9.17) is 5.11 Å². The number of hydrogen-bond acceptors (Lipinski definition) is 3. The zero-order chi connectivity index (χ0) is 11.8. The summed E-state index contributed by atoms with van der Waals surface area (Å²) in [4.78, 5) is 12.6. The molecule has 0 heterocycles. The Morgan fingerprint density at radius 1 is 1.40 bits per heavy atom. The highest BCUT2D eigenvalue weighted by Crippen LogP contribution is 2.02. The van der Waals surface area contributed by atoms with E-state index in [9.17, 15) is 9.90 Å². The Bertz CT molecular complexity index is 222. The molecular weight excluding hydrogens is 194 g/mol. The van der Waals surface area contributed by atoms with E-state index < -0.39 is 12.1 Å². The number of aliphatic hydroxyl groups is 1. The van der Waals surface area contributed by atoms with Crippen LogP contribution in [0.5, 0.6) is 0 Å². The van der Waals surface area contributed by atoms with E-state index in [0.29, 0.717) is 13.0 Å². The first-order valence-electron chi connectivity index (χ1n) is 5.31. The molecule has 1 unspecified atom stereocenters. The van der Waals surface area contributed by atoms with Gasteiger partial charge in [-0.2, -0.15) is 0 Å². The Kier molecular flexibility index (Phi) is 6.99. The molecule has 0 radical (unpaired) electrons. The summed E-state index contributed by atoms with van der Waals surface area (Å²) in [6, 6.07) is 0. The lowest BCUT2D eigenvalue weighted by Crippen LogP contribution is -2.31. The number of aliphatic carboxylic acids is 1. The first-order chi connectivity index (χ1) is 7.01. The molecule has 2 N–H and O–H groups in total. The average molecular weight is 215 g/mol. The van der Waals surface area contributed by atoms with Crippen LogP contribution in [0.15, 0.2) is 11.6 Å². The summed E-state index contributed by atoms with van der Waals surface area (Å²) in [6.07, 6.45) is 1.48. The van der Waals surface area contributed by atoms with Crippen LogP contribution in [0, 0.1) is 0 Å². The Hall–Kier alpha value is -0.870. The van der Waals surface area contributed by atoms with Crippen molar-refractivity contribution in [3.63, 3.8) is 0 Å². The maximum atomic E-state index is 10.5. The Balaban J connectivity index is 3.98. The SMILES string of the molecule is CCN(CC)CC(O)C/C=C(\C)C(=O)O. The van der Waals surface area contributed by atoms with Crippen LogP contribution in [0.3, 0.4) is 0 Å². The molecule has 88 valence electrons. The largest absolute Gasteiger partial charge is 0.478 e. The van der Waals surface area contributed by atoms with Crippen molar-refractivity contribution < 1.29 is 15.0 Å². The van der Waals surface area contributed by atoms with Gasteiger partial charge < -0.3 is 15.1 Å². The molecule has 4 heteroatoms. The summed E-state index contributed by atoms with van der Waals surface area (Å²) in [5.74, 6) is -0.926. The highest BCUT2D eigenvalue weighted by atomic mass is 16.4. The smallest absolute Gasteiger partial charge is 0.330 e. The lowest BCUT2D eigenvalue weighted by Gasteiger charge is -2.21. The van der Waals surface area contributed by atoms with Crippen LogP contribution in [0.4, 0.5) is 0 Å². The van der Waals surface area contributed by atoms with E-state index in [2.05, 4.69) is 4.90 Å². The second-order valence-electron chi connectivity index (χ2n) is 3.57. The third-order valence-corrected chi connectivity index (χ3v) is 2.40. The lowest BCUT2D eigenvalue weighted by atomic mass is 10.1. The van der Waals surface area contributed by atoms with Crippen molar-refractivity contribution >= 4 is 5.97 Å². The summed E-state index contributed by atoms with van der Waals surface area (Å²) in [6.45, 7) is 8.00. The summed E-state index contributed by atoms with van der Waals surface area (Å²) in [5, 5.41) is 18.2. The van der Waals surface area contributed by atoms with Crippen LogP contribution in [0.2, 0.25) is 0 Å². The van der Waals surface area contributed by atoms with Gasteiger partial charge in [0, 0.05) is 12.1 Å². The molecule has 4 nitrogen and oxygen atoms in total. The Labute approximate surface area is 91.2 Å². The molecule has 0 aliphatic rings. The summed E-state index contributed by atoms with van der Waals surface area (Å²) >= 11 is 0. The summed E-state index contributed by atoms with van der Waals surface area (Å²) < 4.78 is 0. The lowest BCUT2D eigenvalue weighted by molar-refractivity contribution is -0.132. The minimum Gasteiger partial charge on any atom is -0.478 e. The van der Waals surface area contributed by atoms with Gasteiger partial charge in [-0.1, -0.05) is 19.9 Å². The van der Waals surface area contributed by atoms with Gasteiger partial charge in [-0.05, 0) is 26.4 Å². The van der Waals surface area contributed by atoms with E-state index in [1.807, 2.05) is 13.8 Å². The molecule has 0 fully saturated rings. The average Bonchev–Trinajstić information content (AvgIpc) is 2.22. The topological polar surface area (TPSA) is 60.8 Å². The molecule has 0 bridgehead atoms. The molecule has 0 spiro atoms. The highest BCUT2D eigenvalue weighted by Gasteiger charge is 2.08. The minimum absolute atomic E-state index is 0.286. The zero-order valence-corrected chi connectivity index (χ0v) is 9.73. The number of carbonyl (C=O) groups is 1. The van der Waals surface area contributed by atoms with Crippen LogP contribution in [0.25, 0.3) is 0 Å². The molecule has 0 amide bonds. The number of likely N-dealkylation sites (N-methyl/N-ethyl adjacent to an activating group) is 1. The van der Waals surface area contributed by atoms with Gasteiger partial charge in [0.2, 0.25) is 0 Å². The van der Waals surface area contributed by atoms with Gasteiger partial charge in [-0.25, -0.2) is 4.79 Å². The summed E-state index contributed by atoms with van der Waals surface area (Å²) in [5.41, 5.74) is 0.286. The molecule has 0 aromatic rings. The van der Waals surface area contributed by atoms with Gasteiger partial charge in [-0.3, -0.25) is 0 Å². The van der Waals surface area contributed by atoms with Crippen LogP contribution < -0.4 is 0 Å². The number of aliphatic hydroxyl groups excluding tert-OH is 1. The second-order valence-corrected chi connectivity index (χ2v) is 3.57. The monoisotopic (exact) mass is 215 g/mol. The van der Waals surface area contributed by atoms with Crippen molar-refractivity contribution in [3.05, 3.63) is 11.6 Å². The second kappa shape index (κ2) is 7.43. The van der Waals surface area contributed by atoms with Crippen molar-refractivity contribution in [2.75, 3.05) is 19.6 Å². The minimum atomic E-state index is -0.926. The third kappa shape index (κ3) is 6.25. The zero-order valence-electron chi connectivity index (χ0n) is 9.73. The fourth-order valence-electron chi connectivity index (χ4n) is 1.25. The molecule has 0 saturated carbocycles. The fraction of sp³-hybridized carbons (Fsp3) is 0.727. The van der Waals surface area contributed by atoms with Crippen LogP contribution >= 0.6 is 0 Å². The molecule has 15 heavy (non-hydrogen) atoms. The van der Waals surface area contributed by atoms with Gasteiger partial charge in [0.1, 0.15) is 0 Å². The maximum absolute atomic E-state index is 10.5. The van der Waals surface area contributed by atoms with E-state index in [0.717, 1.165) is 13.1 Å². The normalized spacial score (nSPS) is 14.3. The number of hydrogen-bond donors (Lipinski definition) is 2. The highest BCUT2D eigenvalue weighted by molar-refractivity contribution is 5.85. The third-order valence-electron chi connectivity index (χ3n) is 2.40. The molecule has 1 atom stereocenters. The van der Waals surface area contributed by atoms with Crippen LogP contribution in [-0.2, 0) is 4.79 Å². The van der Waals surface area contributed by atoms with Crippen LogP contribution in [0.1, 0.15) is 27.2 Å². The molecule has 0 aromatic heterocycles. The van der Waals surface area contributed by atoms with Gasteiger partial charge >= 0.3 is 5.97 Å². The molecule has 0 rings (SSSR count). The standard InChI is InChI=1S/C11H21NO3/c1-4-12(5-2)8-10(13)7-6-9(3)11(14)15/h6,10,13H,4-5,7-8H2,1-3H3,(H,14,15)/b9-6+. The number of nitrogens with zero attached hydrogens (tertiary/aromatic N) is 1. The predicted molar refractivity (Wildman–Crippen MR) is 59.8 cm³/mol. The van der Waals surface area contributed by atoms with Crippen molar-refractivity contribution in [3.8, 4) is 0 Å². The van der Waals surface area contributed by atoms with E-state index >= 15 is 0 Å². The van der Waals surface area contributed by atoms with Gasteiger partial charge in [0.25, 0.3) is 0 Å². The quantitative estimate of drug-likeness (QED) is 0.625. The molecular formula is C11H21NO3. The van der Waals surface area contributed by atoms with Gasteiger partial charge in [0.05, 0.1) is 6.10 Å². The van der Waals surface area contributed by atoms with E-state index in [-0.39, 0.29) is 5.57 Å². The van der Waals surface area contributed by atoms with Crippen molar-refractivity contribution in [2.24, 2.45) is 0 Å². The van der Waals surface area contributed by atoms with E-state index in [1.165, 1.54) is 6.92 Å². The van der Waals surface area contributed by atoms with Gasteiger partial charge in [-0.15, -0.1) is 0 Å². The Morgan fingerprint density at radius 2 is 1.93 bits per heavy atom. The predicted octanol–water partition coefficient (Wildman–Crippen LogP) is 1.11.